The number of imide groups is 1. The van der Waals surface area contributed by atoms with Crippen molar-refractivity contribution < 1.29 is 52.5 Å². The van der Waals surface area contributed by atoms with E-state index in [0.29, 0.717) is 17.5 Å². The number of carbonyl (C=O) groups is 4. The Kier molecular flexibility index (Phi) is 10.4. The Morgan fingerprint density at radius 1 is 0.953 bits per heavy atom. The quantitative estimate of drug-likeness (QED) is 0.0869. The Morgan fingerprint density at radius 3 is 2.19 bits per heavy atom. The molecular weight excluding hydrogens is 568 g/mol. The Hall–Kier alpha value is -4.40. The number of rotatable bonds is 12. The summed E-state index contributed by atoms with van der Waals surface area (Å²) in [7, 11) is 0. The van der Waals surface area contributed by atoms with Gasteiger partial charge in [0.05, 0.1) is 48.5 Å². The summed E-state index contributed by atoms with van der Waals surface area (Å²) in [4.78, 5) is 61.0. The molecule has 2 amide bonds. The topological polar surface area (TPSA) is 170 Å². The van der Waals surface area contributed by atoms with E-state index < -0.39 is 41.6 Å². The average Bonchev–Trinajstić information content (AvgIpc) is 3.22. The molecule has 0 radical (unpaired) electrons. The normalized spacial score (nSPS) is 23.0. The number of nitrogens with zero attached hydrogens (tertiary/aromatic N) is 2. The van der Waals surface area contributed by atoms with Gasteiger partial charge in [0.15, 0.2) is 12.4 Å². The second kappa shape index (κ2) is 14.2. The van der Waals surface area contributed by atoms with E-state index in [9.17, 15) is 29.3 Å². The minimum atomic E-state index is -1.22. The van der Waals surface area contributed by atoms with E-state index in [-0.39, 0.29) is 55.5 Å². The number of amides is 2. The summed E-state index contributed by atoms with van der Waals surface area (Å²) in [5.41, 5.74) is 0.520. The van der Waals surface area contributed by atoms with Crippen LogP contribution in [0.25, 0.3) is 0 Å². The Balaban J connectivity index is 1.34. The molecule has 5 atom stereocenters. The number of benzene rings is 2. The van der Waals surface area contributed by atoms with Gasteiger partial charge in [0, 0.05) is 25.0 Å². The van der Waals surface area contributed by atoms with Gasteiger partial charge in [-0.25, -0.2) is 4.79 Å². The molecule has 14 heteroatoms. The van der Waals surface area contributed by atoms with E-state index >= 15 is 0 Å². The number of carbonyl (C=O) groups excluding carboxylic acids is 4. The molecule has 0 aromatic heterocycles. The zero-order chi connectivity index (χ0) is 31.1. The van der Waals surface area contributed by atoms with Crippen molar-refractivity contribution in [2.45, 2.75) is 51.8 Å². The number of hydrogen-bond acceptors (Lipinski definition) is 12. The van der Waals surface area contributed by atoms with Gasteiger partial charge >= 0.3 is 12.1 Å². The van der Waals surface area contributed by atoms with Gasteiger partial charge in [0.2, 0.25) is 0 Å². The maximum absolute atomic E-state index is 12.7. The van der Waals surface area contributed by atoms with Crippen LogP contribution >= 0.6 is 0 Å². The van der Waals surface area contributed by atoms with Crippen LogP contribution in [0.5, 0.6) is 5.75 Å². The Labute approximate surface area is 246 Å². The highest BCUT2D eigenvalue weighted by molar-refractivity contribution is 6.21. The summed E-state index contributed by atoms with van der Waals surface area (Å²) in [6.07, 6.45) is -4.31. The first-order chi connectivity index (χ1) is 20.6. The lowest BCUT2D eigenvalue weighted by Gasteiger charge is -2.43. The molecule has 2 aliphatic heterocycles. The number of hydrogen-bond donors (Lipinski definition) is 0. The van der Waals surface area contributed by atoms with Gasteiger partial charge in [-0.2, -0.15) is 0 Å². The molecule has 2 heterocycles. The zero-order valence-corrected chi connectivity index (χ0v) is 23.8. The van der Waals surface area contributed by atoms with Crippen LogP contribution in [0.1, 0.15) is 47.9 Å². The van der Waals surface area contributed by atoms with E-state index in [0.717, 1.165) is 4.90 Å². The molecule has 1 fully saturated rings. The lowest BCUT2D eigenvalue weighted by Crippen LogP contribution is -2.57. The predicted molar refractivity (Wildman–Crippen MR) is 146 cm³/mol. The van der Waals surface area contributed by atoms with Crippen LogP contribution in [-0.4, -0.2) is 84.7 Å². The third kappa shape index (κ3) is 7.52. The molecule has 0 aliphatic carbocycles. The van der Waals surface area contributed by atoms with Crippen LogP contribution in [0, 0.1) is 16.0 Å². The lowest BCUT2D eigenvalue weighted by molar-refractivity contribution is -0.384. The highest BCUT2D eigenvalue weighted by Crippen LogP contribution is 2.33. The van der Waals surface area contributed by atoms with Gasteiger partial charge in [-0.1, -0.05) is 26.0 Å². The number of nitro groups is 1. The fourth-order valence-corrected chi connectivity index (χ4v) is 4.92. The standard InChI is InChI=1S/C29H32N2O12/c1-4-23-17(2)24(40-18(3)32)25(43-29(35)41-20-11-9-19(10-12-20)31(36)37)28(42-23)39-16-15-38-14-13-30-26(33)21-7-5-6-8-22(21)27(30)34/h5-12,17,23-25,28H,4,13-16H2,1-3H3/t17-,23-,24+,25+,28+/m1/s1. The Bertz CT molecular complexity index is 1310. The first-order valence-corrected chi connectivity index (χ1v) is 13.7. The number of ether oxygens (including phenoxy) is 6. The molecule has 2 aliphatic rings. The molecule has 43 heavy (non-hydrogen) atoms. The highest BCUT2D eigenvalue weighted by Gasteiger charge is 2.48. The van der Waals surface area contributed by atoms with Gasteiger partial charge in [-0.3, -0.25) is 29.4 Å². The van der Waals surface area contributed by atoms with Crippen molar-refractivity contribution in [3.05, 3.63) is 69.8 Å². The monoisotopic (exact) mass is 600 g/mol. The van der Waals surface area contributed by atoms with Crippen LogP contribution in [0.3, 0.4) is 0 Å². The van der Waals surface area contributed by atoms with Crippen molar-refractivity contribution in [2.75, 3.05) is 26.4 Å². The van der Waals surface area contributed by atoms with Crippen molar-refractivity contribution in [1.29, 1.82) is 0 Å². The van der Waals surface area contributed by atoms with Crippen LogP contribution in [-0.2, 0) is 28.5 Å². The highest BCUT2D eigenvalue weighted by atomic mass is 16.8. The van der Waals surface area contributed by atoms with Gasteiger partial charge in [0.25, 0.3) is 17.5 Å². The van der Waals surface area contributed by atoms with Gasteiger partial charge in [-0.15, -0.1) is 0 Å². The van der Waals surface area contributed by atoms with Crippen LogP contribution in [0.15, 0.2) is 48.5 Å². The van der Waals surface area contributed by atoms with Gasteiger partial charge < -0.3 is 28.4 Å². The van der Waals surface area contributed by atoms with Crippen LogP contribution in [0.4, 0.5) is 10.5 Å². The smallest absolute Gasteiger partial charge is 0.458 e. The summed E-state index contributed by atoms with van der Waals surface area (Å²) in [5, 5.41) is 10.9. The molecule has 0 N–H and O–H groups in total. The average molecular weight is 601 g/mol. The second-order valence-corrected chi connectivity index (χ2v) is 9.86. The maximum Gasteiger partial charge on any atom is 0.514 e. The molecule has 0 saturated carbocycles. The van der Waals surface area contributed by atoms with Crippen molar-refractivity contribution in [3.8, 4) is 5.75 Å². The van der Waals surface area contributed by atoms with Crippen molar-refractivity contribution >= 4 is 29.6 Å². The molecule has 2 aromatic rings. The summed E-state index contributed by atoms with van der Waals surface area (Å²) < 4.78 is 33.7. The molecule has 0 bridgehead atoms. The summed E-state index contributed by atoms with van der Waals surface area (Å²) in [5.74, 6) is -1.73. The van der Waals surface area contributed by atoms with Crippen LogP contribution < -0.4 is 4.74 Å². The van der Waals surface area contributed by atoms with Crippen molar-refractivity contribution in [3.63, 3.8) is 0 Å². The summed E-state index contributed by atoms with van der Waals surface area (Å²) >= 11 is 0. The molecule has 14 nitrogen and oxygen atoms in total. The molecule has 0 unspecified atom stereocenters. The Morgan fingerprint density at radius 2 is 1.60 bits per heavy atom. The SMILES string of the molecule is CC[C@H]1O[C@H](OCCOCCN2C(=O)c3ccccc3C2=O)[C@@H](OC(=O)Oc2ccc([N+](=O)[O-])cc2)[C@@H](OC(C)=O)[C@@H]1C. The number of fused-ring (bicyclic) bond motifs is 1. The van der Waals surface area contributed by atoms with E-state index in [4.69, 9.17) is 28.4 Å². The number of nitro benzene ring substituents is 1. The van der Waals surface area contributed by atoms with Gasteiger partial charge in [0.1, 0.15) is 11.9 Å². The fraction of sp³-hybridized carbons (Fsp3) is 0.448. The summed E-state index contributed by atoms with van der Waals surface area (Å²) in [6.45, 7) is 5.04. The second-order valence-electron chi connectivity index (χ2n) is 9.86. The maximum atomic E-state index is 12.7. The molecular formula is C29H32N2O12. The van der Waals surface area contributed by atoms with E-state index in [1.54, 1.807) is 31.2 Å². The largest absolute Gasteiger partial charge is 0.514 e. The summed E-state index contributed by atoms with van der Waals surface area (Å²) in [6, 6.07) is 11.4. The number of non-ortho nitro benzene ring substituents is 1. The zero-order valence-electron chi connectivity index (χ0n) is 23.8. The minimum absolute atomic E-state index is 0.000206. The van der Waals surface area contributed by atoms with Crippen molar-refractivity contribution in [2.24, 2.45) is 5.92 Å². The molecule has 0 spiro atoms. The van der Waals surface area contributed by atoms with Gasteiger partial charge in [-0.05, 0) is 30.7 Å². The molecule has 1 saturated heterocycles. The van der Waals surface area contributed by atoms with Crippen molar-refractivity contribution in [1.82, 2.24) is 4.90 Å². The molecule has 2 aromatic carbocycles. The molecule has 4 rings (SSSR count). The van der Waals surface area contributed by atoms with E-state index in [1.807, 2.05) is 6.92 Å². The lowest BCUT2D eigenvalue weighted by atomic mass is 9.89. The molecule has 230 valence electrons. The van der Waals surface area contributed by atoms with E-state index in [1.165, 1.54) is 31.2 Å². The predicted octanol–water partition coefficient (Wildman–Crippen LogP) is 3.51. The first-order valence-electron chi connectivity index (χ1n) is 13.7. The third-order valence-corrected chi connectivity index (χ3v) is 7.04. The first kappa shape index (κ1) is 31.5. The van der Waals surface area contributed by atoms with E-state index in [2.05, 4.69) is 0 Å². The third-order valence-electron chi connectivity index (χ3n) is 7.04. The van der Waals surface area contributed by atoms with Crippen LogP contribution in [0.2, 0.25) is 0 Å². The minimum Gasteiger partial charge on any atom is -0.458 e. The number of esters is 1. The fourth-order valence-electron chi connectivity index (χ4n) is 4.92.